The van der Waals surface area contributed by atoms with E-state index < -0.39 is 0 Å². The maximum absolute atomic E-state index is 12.1. The van der Waals surface area contributed by atoms with E-state index in [1.54, 1.807) is 23.8 Å². The predicted molar refractivity (Wildman–Crippen MR) is 72.8 cm³/mol. The lowest BCUT2D eigenvalue weighted by Gasteiger charge is -2.08. The number of aryl methyl sites for hydroxylation is 1. The number of benzene rings is 1. The van der Waals surface area contributed by atoms with E-state index in [1.165, 1.54) is 15.9 Å². The van der Waals surface area contributed by atoms with Crippen LogP contribution in [0.5, 0.6) is 0 Å². The molecule has 4 nitrogen and oxygen atoms in total. The van der Waals surface area contributed by atoms with Gasteiger partial charge in [-0.2, -0.15) is 4.98 Å². The number of nitrogens with zero attached hydrogens (tertiary/aromatic N) is 3. The summed E-state index contributed by atoms with van der Waals surface area (Å²) in [5.41, 5.74) is 2.82. The molecule has 90 valence electrons. The first-order chi connectivity index (χ1) is 8.66. The standard InChI is InChI=1S/C12H8ClN3OS/c1-7-9-3-2-8(13)4-10(9)16(12(17)15-7)11-5-14-6-18-11/h2-6H,1H3. The maximum atomic E-state index is 12.1. The van der Waals surface area contributed by atoms with Crippen LogP contribution in [0, 0.1) is 6.92 Å². The minimum Gasteiger partial charge on any atom is -0.251 e. The molecule has 0 aliphatic carbocycles. The summed E-state index contributed by atoms with van der Waals surface area (Å²) in [6, 6.07) is 5.43. The first kappa shape index (κ1) is 11.4. The van der Waals surface area contributed by atoms with Crippen LogP contribution in [0.25, 0.3) is 15.9 Å². The van der Waals surface area contributed by atoms with E-state index in [9.17, 15) is 4.79 Å². The lowest BCUT2D eigenvalue weighted by atomic mass is 10.2. The van der Waals surface area contributed by atoms with Gasteiger partial charge in [-0.25, -0.2) is 9.36 Å². The van der Waals surface area contributed by atoms with Crippen molar-refractivity contribution in [2.45, 2.75) is 6.92 Å². The number of halogens is 1. The van der Waals surface area contributed by atoms with Crippen molar-refractivity contribution in [3.05, 3.63) is 51.1 Å². The molecule has 0 aliphatic heterocycles. The Bertz CT molecular complexity index is 780. The summed E-state index contributed by atoms with van der Waals surface area (Å²) in [4.78, 5) is 20.1. The van der Waals surface area contributed by atoms with Gasteiger partial charge in [0.2, 0.25) is 0 Å². The Balaban J connectivity index is 2.51. The first-order valence-electron chi connectivity index (χ1n) is 5.24. The average molecular weight is 278 g/mol. The lowest BCUT2D eigenvalue weighted by Crippen LogP contribution is -2.22. The summed E-state index contributed by atoms with van der Waals surface area (Å²) in [7, 11) is 0. The topological polar surface area (TPSA) is 47.8 Å². The van der Waals surface area contributed by atoms with Crippen molar-refractivity contribution < 1.29 is 0 Å². The summed E-state index contributed by atoms with van der Waals surface area (Å²) in [5.74, 6) is 0. The molecule has 3 aromatic rings. The van der Waals surface area contributed by atoms with Crippen LogP contribution in [0.15, 0.2) is 34.7 Å². The van der Waals surface area contributed by atoms with E-state index >= 15 is 0 Å². The zero-order valence-electron chi connectivity index (χ0n) is 9.42. The summed E-state index contributed by atoms with van der Waals surface area (Å²) in [5, 5.41) is 2.23. The Labute approximate surface area is 112 Å². The normalized spacial score (nSPS) is 11.0. The molecule has 0 radical (unpaired) electrons. The van der Waals surface area contributed by atoms with E-state index in [0.29, 0.717) is 10.7 Å². The Morgan fingerprint density at radius 1 is 1.39 bits per heavy atom. The average Bonchev–Trinajstić information content (AvgIpc) is 2.82. The SMILES string of the molecule is Cc1nc(=O)n(-c2cncs2)c2cc(Cl)ccc12. The second kappa shape index (κ2) is 4.19. The zero-order valence-corrected chi connectivity index (χ0v) is 11.0. The fraction of sp³-hybridized carbons (Fsp3) is 0.0833. The van der Waals surface area contributed by atoms with Gasteiger partial charge in [-0.1, -0.05) is 11.6 Å². The highest BCUT2D eigenvalue weighted by molar-refractivity contribution is 7.12. The number of fused-ring (bicyclic) bond motifs is 1. The molecule has 6 heteroatoms. The molecular formula is C12H8ClN3OS. The van der Waals surface area contributed by atoms with Crippen LogP contribution in [-0.4, -0.2) is 14.5 Å². The van der Waals surface area contributed by atoms with Crippen LogP contribution < -0.4 is 5.69 Å². The molecule has 0 amide bonds. The lowest BCUT2D eigenvalue weighted by molar-refractivity contribution is 0.951. The van der Waals surface area contributed by atoms with Gasteiger partial charge in [-0.05, 0) is 25.1 Å². The van der Waals surface area contributed by atoms with Crippen molar-refractivity contribution in [3.8, 4) is 5.00 Å². The Hall–Kier alpha value is -1.72. The molecule has 2 aromatic heterocycles. The summed E-state index contributed by atoms with van der Waals surface area (Å²) >= 11 is 7.39. The van der Waals surface area contributed by atoms with E-state index in [1.807, 2.05) is 13.0 Å². The van der Waals surface area contributed by atoms with Crippen molar-refractivity contribution in [2.24, 2.45) is 0 Å². The summed E-state index contributed by atoms with van der Waals surface area (Å²) < 4.78 is 1.53. The first-order valence-corrected chi connectivity index (χ1v) is 6.50. The molecule has 0 aliphatic rings. The molecule has 0 bridgehead atoms. The third-order valence-corrected chi connectivity index (χ3v) is 3.68. The number of rotatable bonds is 1. The quantitative estimate of drug-likeness (QED) is 0.687. The molecule has 2 heterocycles. The predicted octanol–water partition coefficient (Wildman–Crippen LogP) is 2.80. The van der Waals surface area contributed by atoms with Gasteiger partial charge in [0.25, 0.3) is 0 Å². The van der Waals surface area contributed by atoms with E-state index in [4.69, 9.17) is 11.6 Å². The second-order valence-corrected chi connectivity index (χ2v) is 5.12. The van der Waals surface area contributed by atoms with E-state index in [0.717, 1.165) is 15.9 Å². The second-order valence-electron chi connectivity index (χ2n) is 3.82. The molecule has 0 spiro atoms. The van der Waals surface area contributed by atoms with Gasteiger partial charge in [0.15, 0.2) is 0 Å². The van der Waals surface area contributed by atoms with Crippen LogP contribution in [0.4, 0.5) is 0 Å². The van der Waals surface area contributed by atoms with E-state index in [2.05, 4.69) is 9.97 Å². The van der Waals surface area contributed by atoms with Crippen LogP contribution in [0.2, 0.25) is 5.02 Å². The fourth-order valence-electron chi connectivity index (χ4n) is 1.88. The minimum absolute atomic E-state index is 0.313. The summed E-state index contributed by atoms with van der Waals surface area (Å²) in [6.07, 6.45) is 1.64. The molecule has 0 saturated carbocycles. The van der Waals surface area contributed by atoms with Gasteiger partial charge >= 0.3 is 5.69 Å². The van der Waals surface area contributed by atoms with Crippen LogP contribution in [-0.2, 0) is 0 Å². The maximum Gasteiger partial charge on any atom is 0.353 e. The molecule has 0 atom stereocenters. The Morgan fingerprint density at radius 3 is 2.94 bits per heavy atom. The molecule has 0 saturated heterocycles. The number of hydrogen-bond donors (Lipinski definition) is 0. The minimum atomic E-state index is -0.313. The van der Waals surface area contributed by atoms with Crippen LogP contribution in [0.3, 0.4) is 0 Å². The number of hydrogen-bond acceptors (Lipinski definition) is 4. The molecule has 0 N–H and O–H groups in total. The molecule has 3 rings (SSSR count). The van der Waals surface area contributed by atoms with Crippen molar-refractivity contribution in [3.63, 3.8) is 0 Å². The van der Waals surface area contributed by atoms with Crippen molar-refractivity contribution in [2.75, 3.05) is 0 Å². The smallest absolute Gasteiger partial charge is 0.251 e. The molecule has 0 fully saturated rings. The van der Waals surface area contributed by atoms with Gasteiger partial charge in [0, 0.05) is 10.4 Å². The van der Waals surface area contributed by atoms with Gasteiger partial charge < -0.3 is 0 Å². The van der Waals surface area contributed by atoms with Crippen LogP contribution in [0.1, 0.15) is 5.69 Å². The third kappa shape index (κ3) is 1.72. The third-order valence-electron chi connectivity index (χ3n) is 2.68. The highest BCUT2D eigenvalue weighted by Crippen LogP contribution is 2.23. The summed E-state index contributed by atoms with van der Waals surface area (Å²) in [6.45, 7) is 1.81. The van der Waals surface area contributed by atoms with E-state index in [-0.39, 0.29) is 5.69 Å². The van der Waals surface area contributed by atoms with Crippen molar-refractivity contribution >= 4 is 33.8 Å². The van der Waals surface area contributed by atoms with Crippen molar-refractivity contribution in [1.82, 2.24) is 14.5 Å². The van der Waals surface area contributed by atoms with Crippen LogP contribution >= 0.6 is 22.9 Å². The molecule has 0 unspecified atom stereocenters. The fourth-order valence-corrected chi connectivity index (χ4v) is 2.68. The molecular weight excluding hydrogens is 270 g/mol. The zero-order chi connectivity index (χ0) is 12.7. The largest absolute Gasteiger partial charge is 0.353 e. The van der Waals surface area contributed by atoms with Gasteiger partial charge in [-0.3, -0.25) is 4.98 Å². The Kier molecular flexibility index (Phi) is 2.65. The monoisotopic (exact) mass is 277 g/mol. The number of thiazole rings is 1. The molecule has 18 heavy (non-hydrogen) atoms. The Morgan fingerprint density at radius 2 is 2.22 bits per heavy atom. The van der Waals surface area contributed by atoms with Crippen molar-refractivity contribution in [1.29, 1.82) is 0 Å². The number of aromatic nitrogens is 3. The van der Waals surface area contributed by atoms with Gasteiger partial charge in [0.1, 0.15) is 5.00 Å². The van der Waals surface area contributed by atoms with Gasteiger partial charge in [0.05, 0.1) is 22.9 Å². The van der Waals surface area contributed by atoms with Gasteiger partial charge in [-0.15, -0.1) is 11.3 Å². The molecule has 1 aromatic carbocycles. The highest BCUT2D eigenvalue weighted by atomic mass is 35.5. The highest BCUT2D eigenvalue weighted by Gasteiger charge is 2.10.